The number of aromatic amines is 1. The van der Waals surface area contributed by atoms with Gasteiger partial charge in [0.15, 0.2) is 17.2 Å². The number of halogens is 2. The highest BCUT2D eigenvalue weighted by Crippen LogP contribution is 2.47. The molecule has 0 saturated heterocycles. The number of methoxy groups -OCH3 is 1. The molecule has 2 heterocycles. The van der Waals surface area contributed by atoms with Crippen molar-refractivity contribution in [3.63, 3.8) is 0 Å². The second-order valence-corrected chi connectivity index (χ2v) is 10.2. The van der Waals surface area contributed by atoms with Gasteiger partial charge in [-0.15, -0.1) is 11.8 Å². The zero-order chi connectivity index (χ0) is 24.8. The van der Waals surface area contributed by atoms with Crippen molar-refractivity contribution in [2.45, 2.75) is 30.4 Å². The van der Waals surface area contributed by atoms with Crippen molar-refractivity contribution < 1.29 is 19.0 Å². The summed E-state index contributed by atoms with van der Waals surface area (Å²) in [4.78, 5) is 31.7. The Kier molecular flexibility index (Phi) is 6.18. The van der Waals surface area contributed by atoms with E-state index in [4.69, 9.17) is 16.3 Å². The predicted octanol–water partition coefficient (Wildman–Crippen LogP) is 5.55. The third-order valence-corrected chi connectivity index (χ3v) is 7.02. The van der Waals surface area contributed by atoms with Gasteiger partial charge in [0.25, 0.3) is 0 Å². The second-order valence-electron chi connectivity index (χ2n) is 8.14. The first-order valence-corrected chi connectivity index (χ1v) is 11.4. The molecule has 2 aromatic carbocycles. The number of carboxylic acid groups (broad SMARTS) is 1. The molecule has 0 saturated carbocycles. The molecule has 4 aromatic rings. The molecule has 0 aliphatic rings. The summed E-state index contributed by atoms with van der Waals surface area (Å²) in [7, 11) is 1.43. The molecule has 34 heavy (non-hydrogen) atoms. The van der Waals surface area contributed by atoms with Gasteiger partial charge in [-0.2, -0.15) is 0 Å². The van der Waals surface area contributed by atoms with E-state index < -0.39 is 22.2 Å². The maximum absolute atomic E-state index is 15.2. The van der Waals surface area contributed by atoms with Crippen molar-refractivity contribution >= 4 is 40.5 Å². The number of H-pyrrole nitrogens is 1. The van der Waals surface area contributed by atoms with E-state index in [0.717, 1.165) is 10.1 Å². The number of thioether (sulfide) groups is 1. The van der Waals surface area contributed by atoms with Crippen molar-refractivity contribution in [2.75, 3.05) is 7.11 Å². The molecule has 0 bridgehead atoms. The molecule has 0 amide bonds. The van der Waals surface area contributed by atoms with Crippen LogP contribution in [-0.2, 0) is 4.75 Å². The predicted molar refractivity (Wildman–Crippen MR) is 130 cm³/mol. The van der Waals surface area contributed by atoms with Gasteiger partial charge in [0.2, 0.25) is 0 Å². The topological polar surface area (TPSA) is 97.2 Å². The van der Waals surface area contributed by atoms with E-state index in [-0.39, 0.29) is 22.8 Å². The first-order chi connectivity index (χ1) is 16.0. The van der Waals surface area contributed by atoms with Crippen LogP contribution in [0.5, 0.6) is 5.75 Å². The van der Waals surface area contributed by atoms with Gasteiger partial charge in [0, 0.05) is 15.8 Å². The maximum Gasteiger partial charge on any atom is 0.354 e. The monoisotopic (exact) mass is 501 g/mol. The molecule has 2 aromatic heterocycles. The molecule has 176 valence electrons. The van der Waals surface area contributed by atoms with Gasteiger partial charge in [-0.05, 0) is 50.1 Å². The smallest absolute Gasteiger partial charge is 0.354 e. The van der Waals surface area contributed by atoms with Crippen LogP contribution in [0.15, 0.2) is 52.2 Å². The Balaban J connectivity index is 1.92. The van der Waals surface area contributed by atoms with Gasteiger partial charge >= 0.3 is 11.7 Å². The summed E-state index contributed by atoms with van der Waals surface area (Å²) in [6.07, 6.45) is 0. The van der Waals surface area contributed by atoms with E-state index in [1.54, 1.807) is 13.0 Å². The lowest BCUT2D eigenvalue weighted by molar-refractivity contribution is 0.0690. The Morgan fingerprint density at radius 1 is 1.26 bits per heavy atom. The number of nitrogens with one attached hydrogen (secondary N) is 1. The van der Waals surface area contributed by atoms with Crippen molar-refractivity contribution in [1.29, 1.82) is 0 Å². The van der Waals surface area contributed by atoms with Gasteiger partial charge in [0.05, 0.1) is 23.2 Å². The Bertz CT molecular complexity index is 1500. The number of aryl methyl sites for hydroxylation is 1. The zero-order valence-corrected chi connectivity index (χ0v) is 20.3. The van der Waals surface area contributed by atoms with Crippen LogP contribution in [0.3, 0.4) is 0 Å². The molecule has 0 fully saturated rings. The molecule has 7 nitrogen and oxygen atoms in total. The Morgan fingerprint density at radius 2 is 1.97 bits per heavy atom. The van der Waals surface area contributed by atoms with E-state index in [1.165, 1.54) is 37.1 Å². The normalized spacial score (nSPS) is 11.7. The van der Waals surface area contributed by atoms with Gasteiger partial charge in [-0.3, -0.25) is 0 Å². The maximum atomic E-state index is 15.2. The highest BCUT2D eigenvalue weighted by molar-refractivity contribution is 8.00. The van der Waals surface area contributed by atoms with Crippen LogP contribution in [0, 0.1) is 12.7 Å². The van der Waals surface area contributed by atoms with Crippen molar-refractivity contribution in [3.8, 4) is 11.4 Å². The molecule has 0 aliphatic heterocycles. The van der Waals surface area contributed by atoms with E-state index in [0.29, 0.717) is 21.0 Å². The lowest BCUT2D eigenvalue weighted by atomic mass is 10.0. The van der Waals surface area contributed by atoms with E-state index in [2.05, 4.69) is 9.97 Å². The first-order valence-electron chi connectivity index (χ1n) is 10.2. The number of hydrogen-bond donors (Lipinski definition) is 2. The van der Waals surface area contributed by atoms with E-state index in [1.807, 2.05) is 32.0 Å². The lowest BCUT2D eigenvalue weighted by Gasteiger charge is -2.27. The average molecular weight is 502 g/mol. The van der Waals surface area contributed by atoms with Gasteiger partial charge in [-0.25, -0.2) is 23.5 Å². The number of aromatic nitrogens is 3. The quantitative estimate of drug-likeness (QED) is 0.336. The Labute approximate surface area is 203 Å². The fourth-order valence-corrected chi connectivity index (χ4v) is 5.46. The molecule has 2 N–H and O–H groups in total. The molecule has 0 unspecified atom stereocenters. The number of carboxylic acids is 1. The van der Waals surface area contributed by atoms with E-state index >= 15 is 4.39 Å². The minimum absolute atomic E-state index is 0.0211. The minimum Gasteiger partial charge on any atom is -0.495 e. The minimum atomic E-state index is -1.25. The van der Waals surface area contributed by atoms with Gasteiger partial charge < -0.3 is 14.8 Å². The number of fused-ring (bicyclic) bond motifs is 1. The fraction of sp³-hybridized carbons (Fsp3) is 0.208. The van der Waals surface area contributed by atoms with Crippen LogP contribution in [-0.4, -0.2) is 32.7 Å². The summed E-state index contributed by atoms with van der Waals surface area (Å²) >= 11 is 7.81. The second kappa shape index (κ2) is 8.81. The summed E-state index contributed by atoms with van der Waals surface area (Å²) < 4.78 is 21.2. The van der Waals surface area contributed by atoms with Crippen LogP contribution in [0.2, 0.25) is 5.02 Å². The zero-order valence-electron chi connectivity index (χ0n) is 18.8. The number of imidazole rings is 1. The molecular weight excluding hydrogens is 481 g/mol. The largest absolute Gasteiger partial charge is 0.495 e. The van der Waals surface area contributed by atoms with Crippen LogP contribution in [0.1, 0.15) is 35.5 Å². The van der Waals surface area contributed by atoms with Crippen molar-refractivity contribution in [3.05, 3.63) is 80.6 Å². The first kappa shape index (κ1) is 23.8. The molecular formula is C24H21ClFN3O4S. The summed E-state index contributed by atoms with van der Waals surface area (Å²) in [5.41, 5.74) is 0.760. The van der Waals surface area contributed by atoms with E-state index in [9.17, 15) is 14.7 Å². The molecule has 0 atom stereocenters. The molecule has 4 rings (SSSR count). The third-order valence-electron chi connectivity index (χ3n) is 5.43. The van der Waals surface area contributed by atoms with Gasteiger partial charge in [0.1, 0.15) is 5.75 Å². The van der Waals surface area contributed by atoms with Crippen molar-refractivity contribution in [2.24, 2.45) is 0 Å². The number of carbonyl (C=O) groups is 1. The number of rotatable bonds is 6. The number of hydrogen-bond acceptors (Lipinski definition) is 5. The fourth-order valence-electron chi connectivity index (χ4n) is 3.78. The summed E-state index contributed by atoms with van der Waals surface area (Å²) in [6, 6.07) is 11.5. The van der Waals surface area contributed by atoms with Crippen LogP contribution in [0.25, 0.3) is 16.9 Å². The Hall–Kier alpha value is -3.30. The Morgan fingerprint density at radius 3 is 2.62 bits per heavy atom. The number of pyridine rings is 1. The third kappa shape index (κ3) is 4.17. The number of aromatic carboxylic acids is 1. The average Bonchev–Trinajstić information content (AvgIpc) is 3.11. The number of ether oxygens (including phenoxy) is 1. The molecule has 10 heteroatoms. The summed E-state index contributed by atoms with van der Waals surface area (Å²) in [6.45, 7) is 5.60. The van der Waals surface area contributed by atoms with Crippen molar-refractivity contribution in [1.82, 2.24) is 14.5 Å². The van der Waals surface area contributed by atoms with Crippen LogP contribution in [0.4, 0.5) is 4.39 Å². The van der Waals surface area contributed by atoms with Gasteiger partial charge in [-0.1, -0.05) is 29.8 Å². The standard InChI is InChI=1S/C24H21ClFN3O4S/c1-12-9-16(22(30)31)27-21-20(12)28-23(32)29(21)17-11-19(18(33-4)10-15(17)26)34-24(2,3)13-7-5-6-8-14(13)25/h5-11H,1-4H3,(H,28,32)(H,30,31). The molecule has 0 radical (unpaired) electrons. The summed E-state index contributed by atoms with van der Waals surface area (Å²) in [5, 5.41) is 9.99. The molecule has 0 spiro atoms. The summed E-state index contributed by atoms with van der Waals surface area (Å²) in [5.74, 6) is -1.69. The van der Waals surface area contributed by atoms with Crippen LogP contribution >= 0.6 is 23.4 Å². The molecule has 0 aliphatic carbocycles. The number of nitrogens with zero attached hydrogens (tertiary/aromatic N) is 2. The highest BCUT2D eigenvalue weighted by atomic mass is 35.5. The van der Waals surface area contributed by atoms with Crippen LogP contribution < -0.4 is 10.4 Å². The lowest BCUT2D eigenvalue weighted by Crippen LogP contribution is -2.17. The highest BCUT2D eigenvalue weighted by Gasteiger charge is 2.28. The number of benzene rings is 2. The SMILES string of the molecule is COc1cc(F)c(-n2c(=O)[nH]c3c(C)cc(C(=O)O)nc32)cc1SC(C)(C)c1ccccc1Cl.